The van der Waals surface area contributed by atoms with Gasteiger partial charge in [-0.3, -0.25) is 9.59 Å². The van der Waals surface area contributed by atoms with Crippen LogP contribution < -0.4 is 10.9 Å². The van der Waals surface area contributed by atoms with Gasteiger partial charge in [-0.25, -0.2) is 0 Å². The summed E-state index contributed by atoms with van der Waals surface area (Å²) in [6.07, 6.45) is 7.54. The monoisotopic (exact) mass is 326 g/mol. The first-order chi connectivity index (χ1) is 9.15. The molecule has 1 aromatic heterocycles. The second-order valence-corrected chi connectivity index (χ2v) is 5.88. The van der Waals surface area contributed by atoms with Crippen LogP contribution in [0.1, 0.15) is 42.5 Å². The highest BCUT2D eigenvalue weighted by Gasteiger charge is 2.31. The maximum atomic E-state index is 12.0. The fourth-order valence-corrected chi connectivity index (χ4v) is 3.34. The summed E-state index contributed by atoms with van der Waals surface area (Å²) in [5.41, 5.74) is 0.497. The SMILES string of the molecule is O=C(NCC1(CBr)CCCCC1)c1ccc(=O)[nH]c1. The maximum Gasteiger partial charge on any atom is 0.252 e. The topological polar surface area (TPSA) is 62.0 Å². The number of nitrogens with one attached hydrogen (secondary N) is 2. The van der Waals surface area contributed by atoms with Crippen LogP contribution in [0, 0.1) is 5.41 Å². The lowest BCUT2D eigenvalue weighted by atomic mass is 9.75. The highest BCUT2D eigenvalue weighted by Crippen LogP contribution is 2.37. The van der Waals surface area contributed by atoms with Crippen LogP contribution in [-0.4, -0.2) is 22.8 Å². The van der Waals surface area contributed by atoms with Gasteiger partial charge in [0.2, 0.25) is 5.56 Å². The van der Waals surface area contributed by atoms with Crippen LogP contribution in [0.4, 0.5) is 0 Å². The zero-order valence-corrected chi connectivity index (χ0v) is 12.5. The van der Waals surface area contributed by atoms with E-state index < -0.39 is 0 Å². The average molecular weight is 327 g/mol. The minimum atomic E-state index is -0.194. The molecule has 19 heavy (non-hydrogen) atoms. The minimum Gasteiger partial charge on any atom is -0.351 e. The van der Waals surface area contributed by atoms with Crippen molar-refractivity contribution < 1.29 is 4.79 Å². The quantitative estimate of drug-likeness (QED) is 0.835. The summed E-state index contributed by atoms with van der Waals surface area (Å²) in [4.78, 5) is 25.5. The maximum absolute atomic E-state index is 12.0. The van der Waals surface area contributed by atoms with Crippen LogP contribution in [0.25, 0.3) is 0 Å². The highest BCUT2D eigenvalue weighted by atomic mass is 79.9. The van der Waals surface area contributed by atoms with Crippen molar-refractivity contribution in [1.82, 2.24) is 10.3 Å². The lowest BCUT2D eigenvalue weighted by molar-refractivity contribution is 0.0921. The molecule has 0 saturated heterocycles. The van der Waals surface area contributed by atoms with Crippen molar-refractivity contribution in [2.45, 2.75) is 32.1 Å². The minimum absolute atomic E-state index is 0.123. The van der Waals surface area contributed by atoms with Crippen LogP contribution in [0.2, 0.25) is 0 Å². The van der Waals surface area contributed by atoms with Crippen molar-refractivity contribution in [3.63, 3.8) is 0 Å². The second kappa shape index (κ2) is 6.37. The molecule has 0 spiro atoms. The molecule has 2 N–H and O–H groups in total. The smallest absolute Gasteiger partial charge is 0.252 e. The summed E-state index contributed by atoms with van der Waals surface area (Å²) in [6.45, 7) is 0.691. The molecule has 1 saturated carbocycles. The fourth-order valence-electron chi connectivity index (χ4n) is 2.58. The Kier molecular flexibility index (Phi) is 4.80. The van der Waals surface area contributed by atoms with Crippen LogP contribution >= 0.6 is 15.9 Å². The highest BCUT2D eigenvalue weighted by molar-refractivity contribution is 9.09. The van der Waals surface area contributed by atoms with E-state index in [0.717, 1.165) is 18.2 Å². The molecule has 0 radical (unpaired) electrons. The van der Waals surface area contributed by atoms with E-state index in [1.807, 2.05) is 0 Å². The number of hydrogen-bond acceptors (Lipinski definition) is 2. The van der Waals surface area contributed by atoms with Crippen LogP contribution in [-0.2, 0) is 0 Å². The van der Waals surface area contributed by atoms with Gasteiger partial charge in [-0.05, 0) is 24.3 Å². The Morgan fingerprint density at radius 2 is 2.05 bits per heavy atom. The molecule has 0 aliphatic heterocycles. The molecule has 2 rings (SSSR count). The number of halogens is 1. The molecule has 1 aliphatic carbocycles. The van der Waals surface area contributed by atoms with Gasteiger partial charge in [0.05, 0.1) is 5.56 Å². The van der Waals surface area contributed by atoms with Gasteiger partial charge in [0.1, 0.15) is 0 Å². The number of rotatable bonds is 4. The van der Waals surface area contributed by atoms with E-state index in [0.29, 0.717) is 12.1 Å². The molecule has 0 bridgehead atoms. The molecule has 1 heterocycles. The lowest BCUT2D eigenvalue weighted by Crippen LogP contribution is -2.40. The first-order valence-corrected chi connectivity index (χ1v) is 7.80. The standard InChI is InChI=1S/C14H19BrN2O2/c15-9-14(6-2-1-3-7-14)10-17-13(19)11-4-5-12(18)16-8-11/h4-5,8H,1-3,6-7,9-10H2,(H,16,18)(H,17,19). The number of aromatic amines is 1. The molecule has 104 valence electrons. The Morgan fingerprint density at radius 1 is 1.32 bits per heavy atom. The van der Waals surface area contributed by atoms with E-state index in [-0.39, 0.29) is 16.9 Å². The van der Waals surface area contributed by atoms with Gasteiger partial charge in [0.15, 0.2) is 0 Å². The van der Waals surface area contributed by atoms with Crippen molar-refractivity contribution in [1.29, 1.82) is 0 Å². The van der Waals surface area contributed by atoms with E-state index >= 15 is 0 Å². The number of pyridine rings is 1. The van der Waals surface area contributed by atoms with Gasteiger partial charge in [-0.1, -0.05) is 35.2 Å². The first kappa shape index (κ1) is 14.3. The zero-order chi connectivity index (χ0) is 13.7. The molecule has 0 aromatic carbocycles. The Hall–Kier alpha value is -1.10. The Bertz CT molecular complexity index is 472. The molecular weight excluding hydrogens is 308 g/mol. The fraction of sp³-hybridized carbons (Fsp3) is 0.571. The Labute approximate surface area is 121 Å². The van der Waals surface area contributed by atoms with Gasteiger partial charge in [0, 0.05) is 24.1 Å². The zero-order valence-electron chi connectivity index (χ0n) is 10.9. The molecular formula is C14H19BrN2O2. The summed E-state index contributed by atoms with van der Waals surface area (Å²) in [5, 5.41) is 3.91. The summed E-state index contributed by atoms with van der Waals surface area (Å²) >= 11 is 3.59. The van der Waals surface area contributed by atoms with Gasteiger partial charge >= 0.3 is 0 Å². The predicted molar refractivity (Wildman–Crippen MR) is 78.7 cm³/mol. The number of aromatic nitrogens is 1. The lowest BCUT2D eigenvalue weighted by Gasteiger charge is -2.35. The Balaban J connectivity index is 1.95. The van der Waals surface area contributed by atoms with Gasteiger partial charge in [-0.2, -0.15) is 0 Å². The second-order valence-electron chi connectivity index (χ2n) is 5.32. The third-order valence-electron chi connectivity index (χ3n) is 3.87. The third-order valence-corrected chi connectivity index (χ3v) is 5.06. The van der Waals surface area contributed by atoms with Crippen molar-refractivity contribution >= 4 is 21.8 Å². The summed E-state index contributed by atoms with van der Waals surface area (Å²) in [7, 11) is 0. The predicted octanol–water partition coefficient (Wildman–Crippen LogP) is 2.45. The molecule has 1 fully saturated rings. The van der Waals surface area contributed by atoms with Crippen molar-refractivity contribution in [2.75, 3.05) is 11.9 Å². The van der Waals surface area contributed by atoms with Gasteiger partial charge in [-0.15, -0.1) is 0 Å². The normalized spacial score (nSPS) is 17.9. The molecule has 1 aliphatic rings. The third kappa shape index (κ3) is 3.69. The molecule has 4 nitrogen and oxygen atoms in total. The van der Waals surface area contributed by atoms with Crippen LogP contribution in [0.3, 0.4) is 0 Å². The van der Waals surface area contributed by atoms with Crippen molar-refractivity contribution in [3.8, 4) is 0 Å². The molecule has 0 atom stereocenters. The number of hydrogen-bond donors (Lipinski definition) is 2. The largest absolute Gasteiger partial charge is 0.351 e. The molecule has 1 aromatic rings. The van der Waals surface area contributed by atoms with E-state index in [1.165, 1.54) is 31.5 Å². The summed E-state index contributed by atoms with van der Waals surface area (Å²) < 4.78 is 0. The molecule has 0 unspecified atom stereocenters. The number of alkyl halides is 1. The number of carbonyl (C=O) groups excluding carboxylic acids is 1. The first-order valence-electron chi connectivity index (χ1n) is 6.68. The van der Waals surface area contributed by atoms with E-state index in [9.17, 15) is 9.59 Å². The van der Waals surface area contributed by atoms with Crippen molar-refractivity contribution in [3.05, 3.63) is 34.2 Å². The molecule has 1 amide bonds. The van der Waals surface area contributed by atoms with Crippen LogP contribution in [0.15, 0.2) is 23.1 Å². The van der Waals surface area contributed by atoms with Gasteiger partial charge < -0.3 is 10.3 Å². The van der Waals surface area contributed by atoms with Crippen molar-refractivity contribution in [2.24, 2.45) is 5.41 Å². The number of H-pyrrole nitrogens is 1. The number of carbonyl (C=O) groups is 1. The van der Waals surface area contributed by atoms with Gasteiger partial charge in [0.25, 0.3) is 5.91 Å². The average Bonchev–Trinajstić information content (AvgIpc) is 2.46. The van der Waals surface area contributed by atoms with Crippen LogP contribution in [0.5, 0.6) is 0 Å². The molecule has 5 heteroatoms. The summed E-state index contributed by atoms with van der Waals surface area (Å²) in [5.74, 6) is -0.123. The van der Waals surface area contributed by atoms with E-state index in [4.69, 9.17) is 0 Å². The summed E-state index contributed by atoms with van der Waals surface area (Å²) in [6, 6.07) is 2.92. The van der Waals surface area contributed by atoms with E-state index in [2.05, 4.69) is 26.2 Å². The van der Waals surface area contributed by atoms with E-state index in [1.54, 1.807) is 6.07 Å². The Morgan fingerprint density at radius 3 is 2.63 bits per heavy atom. The number of amides is 1.